The van der Waals surface area contributed by atoms with Gasteiger partial charge in [0.25, 0.3) is 0 Å². The van der Waals surface area contributed by atoms with Gasteiger partial charge in [0, 0.05) is 18.9 Å². The van der Waals surface area contributed by atoms with E-state index in [4.69, 9.17) is 0 Å². The van der Waals surface area contributed by atoms with E-state index in [1.807, 2.05) is 7.05 Å². The minimum Gasteiger partial charge on any atom is -0.333 e. The molecule has 0 unspecified atom stereocenters. The maximum Gasteiger partial charge on any atom is 0.134 e. The smallest absolute Gasteiger partial charge is 0.134 e. The van der Waals surface area contributed by atoms with Crippen LogP contribution in [0.25, 0.3) is 0 Å². The van der Waals surface area contributed by atoms with Crippen molar-refractivity contribution in [1.29, 1.82) is 0 Å². The van der Waals surface area contributed by atoms with Crippen LogP contribution in [0.5, 0.6) is 0 Å². The fraction of sp³-hybridized carbons (Fsp3) is 0.875. The molecule has 0 aliphatic heterocycles. The van der Waals surface area contributed by atoms with Crippen LogP contribution < -0.4 is 11.1 Å². The summed E-state index contributed by atoms with van der Waals surface area (Å²) in [6.45, 7) is 0. The zero-order valence-corrected chi connectivity index (χ0v) is 7.39. The van der Waals surface area contributed by atoms with Crippen molar-refractivity contribution in [2.24, 2.45) is 5.73 Å². The summed E-state index contributed by atoms with van der Waals surface area (Å²) in [5.74, 6) is 0.417. The number of hydrogen-bond acceptors (Lipinski definition) is 3. The van der Waals surface area contributed by atoms with Gasteiger partial charge in [-0.1, -0.05) is 0 Å². The number of carbonyl (C=O) groups is 1. The third kappa shape index (κ3) is 4.11. The van der Waals surface area contributed by atoms with Gasteiger partial charge < -0.3 is 11.1 Å². The highest BCUT2D eigenvalue weighted by Gasteiger charge is 2.16. The Morgan fingerprint density at radius 3 is 2.55 bits per heavy atom. The normalized spacial score (nSPS) is 23.9. The molecule has 0 aromatic carbocycles. The third-order valence-electron chi connectivity index (χ3n) is 1.89. The molecule has 0 bridgehead atoms. The molecule has 0 aromatic rings. The van der Waals surface area contributed by atoms with Crippen LogP contribution >= 0.6 is 0 Å². The van der Waals surface area contributed by atoms with E-state index in [1.165, 1.54) is 13.5 Å². The fourth-order valence-electron chi connectivity index (χ4n) is 1.27. The number of nitrogens with two attached hydrogens (primary N) is 1. The lowest BCUT2D eigenvalue weighted by Gasteiger charge is -2.19. The maximum atomic E-state index is 10.8. The van der Waals surface area contributed by atoms with Gasteiger partial charge in [-0.2, -0.15) is 0 Å². The van der Waals surface area contributed by atoms with Crippen LogP contribution in [0.2, 0.25) is 0 Å². The monoisotopic (exact) mass is 158 g/mol. The largest absolute Gasteiger partial charge is 0.333 e. The Balaban J connectivity index is 0.000000461. The lowest BCUT2D eigenvalue weighted by molar-refractivity contribution is -0.120. The molecule has 1 atom stereocenters. The van der Waals surface area contributed by atoms with Gasteiger partial charge in [-0.3, -0.25) is 4.79 Å². The molecule has 3 N–H and O–H groups in total. The molecule has 3 nitrogen and oxygen atoms in total. The Hall–Kier alpha value is -0.410. The SMILES string of the molecule is CN.CN[C@H]1CCCC(=O)C1. The first kappa shape index (κ1) is 10.6. The Bertz CT molecular complexity index is 115. The van der Waals surface area contributed by atoms with E-state index >= 15 is 0 Å². The van der Waals surface area contributed by atoms with E-state index < -0.39 is 0 Å². The number of carbonyl (C=O) groups excluding carboxylic acids is 1. The van der Waals surface area contributed by atoms with E-state index in [0.29, 0.717) is 11.8 Å². The molecule has 0 aromatic heterocycles. The van der Waals surface area contributed by atoms with E-state index in [1.54, 1.807) is 0 Å². The van der Waals surface area contributed by atoms with Gasteiger partial charge in [0.1, 0.15) is 5.78 Å². The summed E-state index contributed by atoms with van der Waals surface area (Å²) in [6, 6.07) is 0.464. The lowest BCUT2D eigenvalue weighted by atomic mass is 9.95. The topological polar surface area (TPSA) is 55.1 Å². The van der Waals surface area contributed by atoms with Crippen molar-refractivity contribution in [3.63, 3.8) is 0 Å². The molecule has 0 amide bonds. The van der Waals surface area contributed by atoms with E-state index in [-0.39, 0.29) is 0 Å². The Kier molecular flexibility index (Phi) is 6.07. The number of ketones is 1. The van der Waals surface area contributed by atoms with Crippen molar-refractivity contribution >= 4 is 5.78 Å². The molecule has 1 fully saturated rings. The van der Waals surface area contributed by atoms with Crippen molar-refractivity contribution in [2.45, 2.75) is 31.7 Å². The van der Waals surface area contributed by atoms with Crippen LogP contribution in [-0.4, -0.2) is 25.9 Å². The molecule has 0 heterocycles. The predicted octanol–water partition coefficient (Wildman–Crippen LogP) is 0.292. The summed E-state index contributed by atoms with van der Waals surface area (Å²) < 4.78 is 0. The molecular formula is C8H18N2O. The average molecular weight is 158 g/mol. The maximum absolute atomic E-state index is 10.8. The number of Topliss-reactive ketones (excluding diaryl/α,β-unsaturated/α-hetero) is 1. The Labute approximate surface area is 68.3 Å². The molecule has 3 heteroatoms. The zero-order valence-electron chi connectivity index (χ0n) is 7.39. The Morgan fingerprint density at radius 1 is 1.55 bits per heavy atom. The molecule has 1 aliphatic rings. The van der Waals surface area contributed by atoms with Crippen LogP contribution in [0.1, 0.15) is 25.7 Å². The molecule has 1 rings (SSSR count). The second kappa shape index (κ2) is 6.31. The molecule has 11 heavy (non-hydrogen) atoms. The van der Waals surface area contributed by atoms with Gasteiger partial charge in [0.15, 0.2) is 0 Å². The summed E-state index contributed by atoms with van der Waals surface area (Å²) in [5, 5.41) is 3.11. The van der Waals surface area contributed by atoms with Crippen LogP contribution in [0, 0.1) is 0 Å². The van der Waals surface area contributed by atoms with Crippen LogP contribution in [0.3, 0.4) is 0 Å². The van der Waals surface area contributed by atoms with Crippen molar-refractivity contribution in [3.8, 4) is 0 Å². The van der Waals surface area contributed by atoms with Crippen molar-refractivity contribution < 1.29 is 4.79 Å². The lowest BCUT2D eigenvalue weighted by Crippen LogP contribution is -2.31. The standard InChI is InChI=1S/C7H13NO.CH5N/c1-8-6-3-2-4-7(9)5-6;1-2/h6,8H,2-5H2,1H3;2H2,1H3/t6-;/m0./s1. The van der Waals surface area contributed by atoms with Crippen molar-refractivity contribution in [1.82, 2.24) is 5.32 Å². The second-order valence-electron chi connectivity index (χ2n) is 2.62. The highest BCUT2D eigenvalue weighted by Crippen LogP contribution is 2.13. The van der Waals surface area contributed by atoms with Crippen LogP contribution in [0.15, 0.2) is 0 Å². The van der Waals surface area contributed by atoms with Gasteiger partial charge in [-0.15, -0.1) is 0 Å². The van der Waals surface area contributed by atoms with Crippen LogP contribution in [0.4, 0.5) is 0 Å². The quantitative estimate of drug-likeness (QED) is 0.577. The molecule has 0 spiro atoms. The Morgan fingerprint density at radius 2 is 2.18 bits per heavy atom. The minimum absolute atomic E-state index is 0.417. The molecule has 0 radical (unpaired) electrons. The van der Waals surface area contributed by atoms with E-state index in [2.05, 4.69) is 11.1 Å². The number of rotatable bonds is 1. The first-order chi connectivity index (χ1) is 5.33. The fourth-order valence-corrected chi connectivity index (χ4v) is 1.27. The highest BCUT2D eigenvalue weighted by atomic mass is 16.1. The molecule has 66 valence electrons. The first-order valence-corrected chi connectivity index (χ1v) is 4.09. The average Bonchev–Trinajstić information content (AvgIpc) is 2.08. The summed E-state index contributed by atoms with van der Waals surface area (Å²) in [7, 11) is 3.42. The number of nitrogens with one attached hydrogen (secondary N) is 1. The first-order valence-electron chi connectivity index (χ1n) is 4.09. The molecule has 1 saturated carbocycles. The summed E-state index contributed by atoms with van der Waals surface area (Å²) >= 11 is 0. The number of hydrogen-bond donors (Lipinski definition) is 2. The van der Waals surface area contributed by atoms with E-state index in [9.17, 15) is 4.79 Å². The van der Waals surface area contributed by atoms with Gasteiger partial charge >= 0.3 is 0 Å². The second-order valence-corrected chi connectivity index (χ2v) is 2.62. The zero-order chi connectivity index (χ0) is 8.69. The van der Waals surface area contributed by atoms with Gasteiger partial charge in [0.2, 0.25) is 0 Å². The third-order valence-corrected chi connectivity index (χ3v) is 1.89. The minimum atomic E-state index is 0.417. The van der Waals surface area contributed by atoms with E-state index in [0.717, 1.165) is 19.3 Å². The van der Waals surface area contributed by atoms with Crippen molar-refractivity contribution in [3.05, 3.63) is 0 Å². The molecule has 0 saturated heterocycles. The highest BCUT2D eigenvalue weighted by molar-refractivity contribution is 5.79. The summed E-state index contributed by atoms with van der Waals surface area (Å²) in [6.07, 6.45) is 3.79. The van der Waals surface area contributed by atoms with Crippen LogP contribution in [-0.2, 0) is 4.79 Å². The molecular weight excluding hydrogens is 140 g/mol. The summed E-state index contributed by atoms with van der Waals surface area (Å²) in [4.78, 5) is 10.8. The van der Waals surface area contributed by atoms with Gasteiger partial charge in [0.05, 0.1) is 0 Å². The van der Waals surface area contributed by atoms with Gasteiger partial charge in [-0.25, -0.2) is 0 Å². The summed E-state index contributed by atoms with van der Waals surface area (Å²) in [5.41, 5.74) is 4.50. The van der Waals surface area contributed by atoms with Gasteiger partial charge in [-0.05, 0) is 26.9 Å². The predicted molar refractivity (Wildman–Crippen MR) is 46.4 cm³/mol. The van der Waals surface area contributed by atoms with Crippen molar-refractivity contribution in [2.75, 3.05) is 14.1 Å². The molecule has 1 aliphatic carbocycles.